The summed E-state index contributed by atoms with van der Waals surface area (Å²) < 4.78 is 60.9. The molecule has 2 saturated carbocycles. The van der Waals surface area contributed by atoms with E-state index in [1.807, 2.05) is 0 Å². The van der Waals surface area contributed by atoms with Gasteiger partial charge in [-0.15, -0.1) is 0 Å². The van der Waals surface area contributed by atoms with Crippen LogP contribution in [0.1, 0.15) is 84.2 Å². The molecular weight excluding hydrogens is 817 g/mol. The number of likely N-dealkylation sites (tertiary alicyclic amines) is 2. The van der Waals surface area contributed by atoms with E-state index in [2.05, 4.69) is 59.8 Å². The predicted octanol–water partition coefficient (Wildman–Crippen LogP) is 5.62. The number of hydrogen-bond acceptors (Lipinski definition) is 12. The molecule has 6 heterocycles. The minimum absolute atomic E-state index is 0.149. The Balaban J connectivity index is 0.000000186. The number of alkyl halides is 4. The van der Waals surface area contributed by atoms with Crippen LogP contribution in [0.25, 0.3) is 9.69 Å². The minimum atomic E-state index is -2.96. The number of nitrogens with one attached hydrogen (secondary N) is 2. The molecule has 18 nitrogen and oxygen atoms in total. The van der Waals surface area contributed by atoms with Gasteiger partial charge in [0.2, 0.25) is 23.8 Å². The van der Waals surface area contributed by atoms with E-state index in [1.165, 1.54) is 49.5 Å². The molecule has 0 unspecified atom stereocenters. The molecular formula is C40H46F4N14O4. The molecule has 328 valence electrons. The smallest absolute Gasteiger partial charge is 0.388 e. The van der Waals surface area contributed by atoms with Crippen molar-refractivity contribution in [3.05, 3.63) is 83.0 Å². The van der Waals surface area contributed by atoms with Gasteiger partial charge in [0.15, 0.2) is 11.6 Å². The van der Waals surface area contributed by atoms with Crippen LogP contribution in [0.2, 0.25) is 0 Å². The maximum atomic E-state index is 12.3. The Morgan fingerprint density at radius 2 is 1.08 bits per heavy atom. The van der Waals surface area contributed by atoms with Gasteiger partial charge in [0, 0.05) is 49.5 Å². The van der Waals surface area contributed by atoms with E-state index in [4.69, 9.17) is 24.6 Å². The number of carbonyl (C=O) groups excluding carboxylic acids is 2. The second-order valence-corrected chi connectivity index (χ2v) is 15.5. The average molecular weight is 863 g/mol. The van der Waals surface area contributed by atoms with Crippen LogP contribution in [0.15, 0.2) is 49.1 Å². The minimum Gasteiger partial charge on any atom is -0.417 e. The highest BCUT2D eigenvalue weighted by Crippen LogP contribution is 2.38. The SMILES string of the molecule is [C-]#[N+][C@H]1C[C@@H](N2CCC2)CC[C@@H]1n1cc(C(N)=O)c(Nc2ccc(OC(F)F)nc2)n1.[C-]#[N+][C@H]1C[C@H](N2CCC2)CC[C@@H]1n1cc(C(N)=O)c(Nc2ccc(OC(F)F)nc2)n1. The van der Waals surface area contributed by atoms with Gasteiger partial charge in [-0.1, -0.05) is 0 Å². The predicted molar refractivity (Wildman–Crippen MR) is 216 cm³/mol. The fraction of sp³-hybridized carbons (Fsp3) is 0.500. The lowest BCUT2D eigenvalue weighted by Crippen LogP contribution is -2.49. The molecule has 62 heavy (non-hydrogen) atoms. The summed E-state index contributed by atoms with van der Waals surface area (Å²) in [6.45, 7) is 13.8. The van der Waals surface area contributed by atoms with Crippen molar-refractivity contribution in [3.63, 3.8) is 0 Å². The van der Waals surface area contributed by atoms with E-state index in [0.717, 1.165) is 64.7 Å². The summed E-state index contributed by atoms with van der Waals surface area (Å²) in [6, 6.07) is 5.60. The zero-order chi connectivity index (χ0) is 43.9. The Morgan fingerprint density at radius 1 is 0.677 bits per heavy atom. The highest BCUT2D eigenvalue weighted by Gasteiger charge is 2.42. The lowest BCUT2D eigenvalue weighted by Gasteiger charge is -2.42. The van der Waals surface area contributed by atoms with E-state index in [-0.39, 0.29) is 58.7 Å². The second-order valence-electron chi connectivity index (χ2n) is 15.5. The Hall–Kier alpha value is -6.52. The third kappa shape index (κ3) is 10.3. The van der Waals surface area contributed by atoms with Crippen LogP contribution >= 0.6 is 0 Å². The normalized spacial score (nSPS) is 23.7. The second kappa shape index (κ2) is 19.5. The monoisotopic (exact) mass is 862 g/mol. The lowest BCUT2D eigenvalue weighted by atomic mass is 9.85. The number of nitrogens with zero attached hydrogens (tertiary/aromatic N) is 10. The van der Waals surface area contributed by atoms with Gasteiger partial charge in [-0.3, -0.25) is 28.8 Å². The summed E-state index contributed by atoms with van der Waals surface area (Å²) in [5.74, 6) is -1.31. The molecule has 22 heteroatoms. The number of carbonyl (C=O) groups is 2. The van der Waals surface area contributed by atoms with Crippen molar-refractivity contribution in [1.82, 2.24) is 39.3 Å². The number of rotatable bonds is 14. The van der Waals surface area contributed by atoms with Crippen molar-refractivity contribution >= 4 is 34.8 Å². The van der Waals surface area contributed by atoms with Crippen LogP contribution in [0.4, 0.5) is 40.6 Å². The summed E-state index contributed by atoms with van der Waals surface area (Å²) in [6.07, 6.45) is 13.2. The fourth-order valence-corrected chi connectivity index (χ4v) is 8.36. The molecule has 4 aromatic rings. The molecule has 4 fully saturated rings. The molecule has 6 N–H and O–H groups in total. The van der Waals surface area contributed by atoms with Gasteiger partial charge in [-0.05, 0) is 76.8 Å². The molecule has 2 saturated heterocycles. The van der Waals surface area contributed by atoms with E-state index >= 15 is 0 Å². The van der Waals surface area contributed by atoms with E-state index in [9.17, 15) is 27.2 Å². The molecule has 4 aromatic heterocycles. The number of nitrogens with two attached hydrogens (primary N) is 2. The van der Waals surface area contributed by atoms with Crippen molar-refractivity contribution in [2.45, 2.75) is 101 Å². The quantitative estimate of drug-likeness (QED) is 0.0902. The van der Waals surface area contributed by atoms with Crippen LogP contribution in [-0.4, -0.2) is 115 Å². The van der Waals surface area contributed by atoms with Crippen LogP contribution in [0.3, 0.4) is 0 Å². The third-order valence-electron chi connectivity index (χ3n) is 11.7. The van der Waals surface area contributed by atoms with Crippen LogP contribution in [0.5, 0.6) is 11.8 Å². The number of halogens is 4. The third-order valence-corrected chi connectivity index (χ3v) is 11.7. The Bertz CT molecular complexity index is 2100. The number of anilines is 4. The molecule has 0 aromatic carbocycles. The highest BCUT2D eigenvalue weighted by atomic mass is 19.3. The van der Waals surface area contributed by atoms with Crippen LogP contribution < -0.4 is 31.6 Å². The first-order valence-corrected chi connectivity index (χ1v) is 20.2. The van der Waals surface area contributed by atoms with Crippen LogP contribution in [-0.2, 0) is 0 Å². The first-order chi connectivity index (χ1) is 29.9. The Morgan fingerprint density at radius 3 is 1.37 bits per heavy atom. The number of amides is 2. The first-order valence-electron chi connectivity index (χ1n) is 20.2. The molecule has 0 bridgehead atoms. The van der Waals surface area contributed by atoms with Gasteiger partial charge in [0.1, 0.15) is 23.2 Å². The lowest BCUT2D eigenvalue weighted by molar-refractivity contribution is -0.0535. The maximum Gasteiger partial charge on any atom is 0.388 e. The first kappa shape index (κ1) is 43.6. The number of ether oxygens (including phenoxy) is 2. The van der Waals surface area contributed by atoms with Crippen molar-refractivity contribution in [1.29, 1.82) is 0 Å². The van der Waals surface area contributed by atoms with Crippen molar-refractivity contribution in [2.24, 2.45) is 11.5 Å². The van der Waals surface area contributed by atoms with Gasteiger partial charge in [0.25, 0.3) is 11.8 Å². The molecule has 2 aliphatic carbocycles. The summed E-state index contributed by atoms with van der Waals surface area (Å²) >= 11 is 0. The zero-order valence-electron chi connectivity index (χ0n) is 33.5. The van der Waals surface area contributed by atoms with Gasteiger partial charge in [0.05, 0.1) is 23.8 Å². The van der Waals surface area contributed by atoms with Gasteiger partial charge < -0.3 is 41.3 Å². The van der Waals surface area contributed by atoms with E-state index in [0.29, 0.717) is 23.5 Å². The fourth-order valence-electron chi connectivity index (χ4n) is 8.36. The highest BCUT2D eigenvalue weighted by molar-refractivity contribution is 5.98. The number of aromatic nitrogens is 6. The topological polar surface area (TPSA) is 205 Å². The molecule has 6 atom stereocenters. The molecule has 8 rings (SSSR count). The molecule has 0 radical (unpaired) electrons. The summed E-state index contributed by atoms with van der Waals surface area (Å²) in [4.78, 5) is 44.0. The summed E-state index contributed by atoms with van der Waals surface area (Å²) in [7, 11) is 0. The van der Waals surface area contributed by atoms with E-state index < -0.39 is 25.0 Å². The number of primary amides is 2. The Labute approximate surface area is 354 Å². The average Bonchev–Trinajstić information content (AvgIpc) is 3.83. The van der Waals surface area contributed by atoms with Gasteiger partial charge >= 0.3 is 13.2 Å². The van der Waals surface area contributed by atoms with Crippen molar-refractivity contribution in [2.75, 3.05) is 36.8 Å². The van der Waals surface area contributed by atoms with Crippen molar-refractivity contribution < 1.29 is 36.6 Å². The number of hydrogen-bond donors (Lipinski definition) is 4. The molecule has 4 aliphatic rings. The zero-order valence-corrected chi connectivity index (χ0v) is 33.5. The largest absolute Gasteiger partial charge is 0.417 e. The molecule has 2 amide bonds. The van der Waals surface area contributed by atoms with Gasteiger partial charge in [-0.25, -0.2) is 23.1 Å². The molecule has 0 spiro atoms. The number of pyridine rings is 2. The summed E-state index contributed by atoms with van der Waals surface area (Å²) in [5, 5.41) is 14.9. The van der Waals surface area contributed by atoms with Crippen LogP contribution in [0, 0.1) is 13.1 Å². The van der Waals surface area contributed by atoms with E-state index in [1.54, 1.807) is 21.8 Å². The maximum absolute atomic E-state index is 12.3. The summed E-state index contributed by atoms with van der Waals surface area (Å²) in [5.41, 5.74) is 12.3. The Kier molecular flexibility index (Phi) is 13.7. The van der Waals surface area contributed by atoms with Gasteiger partial charge in [-0.2, -0.15) is 27.8 Å². The standard InChI is InChI=1S/2C20H23F2N7O2/c2*1-24-15-9-13(28-7-2-8-28)4-5-16(15)29-11-14(18(23)30)19(27-29)26-12-3-6-17(25-10-12)31-20(21)22/h2*3,6,10-11,13,15-16,20H,2,4-5,7-9H2,(H2,23,30)(H,26,27)/t13-,15+,16+;13-,15-,16-/m10/s1. The van der Waals surface area contributed by atoms with Crippen molar-refractivity contribution in [3.8, 4) is 11.8 Å². The molecule has 2 aliphatic heterocycles.